The lowest BCUT2D eigenvalue weighted by Gasteiger charge is -2.11. The number of nitrogens with zero attached hydrogens (tertiary/aromatic N) is 2. The second-order valence-corrected chi connectivity index (χ2v) is 3.94. The zero-order chi connectivity index (χ0) is 15.2. The van der Waals surface area contributed by atoms with E-state index in [1.54, 1.807) is 24.3 Å². The Balaban J connectivity index is 2.34. The number of rotatable bonds is 6. The van der Waals surface area contributed by atoms with E-state index in [4.69, 9.17) is 19.9 Å². The predicted octanol–water partition coefficient (Wildman–Crippen LogP) is 2.35. The molecule has 0 saturated carbocycles. The molecule has 110 valence electrons. The van der Waals surface area contributed by atoms with Crippen LogP contribution >= 0.6 is 0 Å². The van der Waals surface area contributed by atoms with Crippen LogP contribution in [0.25, 0.3) is 0 Å². The Morgan fingerprint density at radius 1 is 1.29 bits per heavy atom. The van der Waals surface area contributed by atoms with Gasteiger partial charge in [-0.2, -0.15) is 0 Å². The van der Waals surface area contributed by atoms with E-state index >= 15 is 0 Å². The molecular formula is C13H13N3O5. The van der Waals surface area contributed by atoms with Gasteiger partial charge in [-0.25, -0.2) is 0 Å². The standard InChI is InChI=1S/C13H13N3O5/c1-19-8-20-12-11(6-7-15-13(12)16(17)18)21-10-4-2-9(14)3-5-10/h2-7H,8,14H2,1H3. The van der Waals surface area contributed by atoms with Crippen LogP contribution in [-0.4, -0.2) is 23.8 Å². The summed E-state index contributed by atoms with van der Waals surface area (Å²) < 4.78 is 15.5. The van der Waals surface area contributed by atoms with Crippen molar-refractivity contribution in [2.45, 2.75) is 0 Å². The quantitative estimate of drug-likeness (QED) is 0.376. The molecule has 0 bridgehead atoms. The van der Waals surface area contributed by atoms with Crippen LogP contribution in [0.2, 0.25) is 0 Å². The van der Waals surface area contributed by atoms with Gasteiger partial charge in [-0.05, 0) is 34.2 Å². The van der Waals surface area contributed by atoms with Crippen molar-refractivity contribution in [1.29, 1.82) is 0 Å². The zero-order valence-corrected chi connectivity index (χ0v) is 11.2. The second kappa shape index (κ2) is 6.53. The first-order valence-corrected chi connectivity index (χ1v) is 5.90. The lowest BCUT2D eigenvalue weighted by atomic mass is 10.3. The van der Waals surface area contributed by atoms with Crippen molar-refractivity contribution in [1.82, 2.24) is 4.98 Å². The molecule has 8 nitrogen and oxygen atoms in total. The van der Waals surface area contributed by atoms with Gasteiger partial charge in [0.2, 0.25) is 0 Å². The Labute approximate surface area is 120 Å². The SMILES string of the molecule is COCOc1c(Oc2ccc(N)cc2)ccnc1[N+](=O)[O-]. The van der Waals surface area contributed by atoms with Gasteiger partial charge >= 0.3 is 5.82 Å². The monoisotopic (exact) mass is 291 g/mol. The number of anilines is 1. The minimum Gasteiger partial charge on any atom is -0.456 e. The molecule has 0 spiro atoms. The molecule has 8 heteroatoms. The minimum absolute atomic E-state index is 0.0961. The summed E-state index contributed by atoms with van der Waals surface area (Å²) in [6.07, 6.45) is 1.27. The third kappa shape index (κ3) is 3.57. The highest BCUT2D eigenvalue weighted by Gasteiger charge is 2.22. The van der Waals surface area contributed by atoms with Gasteiger partial charge < -0.3 is 30.1 Å². The predicted molar refractivity (Wildman–Crippen MR) is 74.3 cm³/mol. The summed E-state index contributed by atoms with van der Waals surface area (Å²) in [5.74, 6) is 0.0895. The number of nitro groups is 1. The molecule has 1 heterocycles. The number of aromatic nitrogens is 1. The first-order valence-electron chi connectivity index (χ1n) is 5.90. The minimum atomic E-state index is -0.652. The maximum atomic E-state index is 11.0. The van der Waals surface area contributed by atoms with Crippen LogP contribution in [-0.2, 0) is 4.74 Å². The van der Waals surface area contributed by atoms with Crippen LogP contribution in [0.5, 0.6) is 17.2 Å². The summed E-state index contributed by atoms with van der Waals surface area (Å²) in [7, 11) is 1.41. The van der Waals surface area contributed by atoms with E-state index in [1.165, 1.54) is 19.4 Å². The van der Waals surface area contributed by atoms with Crippen molar-refractivity contribution in [3.8, 4) is 17.2 Å². The number of hydrogen-bond acceptors (Lipinski definition) is 7. The normalized spacial score (nSPS) is 10.1. The first-order chi connectivity index (χ1) is 10.1. The maximum absolute atomic E-state index is 11.0. The van der Waals surface area contributed by atoms with Crippen molar-refractivity contribution in [3.05, 3.63) is 46.6 Å². The van der Waals surface area contributed by atoms with E-state index in [0.717, 1.165) is 0 Å². The topological polar surface area (TPSA) is 110 Å². The number of nitrogens with two attached hydrogens (primary N) is 1. The number of benzene rings is 1. The highest BCUT2D eigenvalue weighted by molar-refractivity contribution is 5.52. The van der Waals surface area contributed by atoms with Crippen LogP contribution in [0, 0.1) is 10.1 Å². The van der Waals surface area contributed by atoms with Gasteiger partial charge in [0.25, 0.3) is 5.75 Å². The molecule has 1 aromatic heterocycles. The van der Waals surface area contributed by atoms with Crippen LogP contribution in [0.3, 0.4) is 0 Å². The molecule has 0 atom stereocenters. The van der Waals surface area contributed by atoms with Gasteiger partial charge in [-0.15, -0.1) is 0 Å². The van der Waals surface area contributed by atoms with E-state index in [9.17, 15) is 10.1 Å². The molecule has 0 amide bonds. The molecule has 0 aliphatic carbocycles. The summed E-state index contributed by atoms with van der Waals surface area (Å²) in [6, 6.07) is 8.05. The van der Waals surface area contributed by atoms with Gasteiger partial charge in [0.15, 0.2) is 12.5 Å². The number of nitrogen functional groups attached to an aromatic ring is 1. The summed E-state index contributed by atoms with van der Waals surface area (Å²) in [6.45, 7) is -0.162. The summed E-state index contributed by atoms with van der Waals surface area (Å²) in [5, 5.41) is 11.0. The molecule has 0 aliphatic rings. The van der Waals surface area contributed by atoms with Gasteiger partial charge in [0.05, 0.1) is 0 Å². The van der Waals surface area contributed by atoms with Crippen molar-refractivity contribution in [3.63, 3.8) is 0 Å². The number of methoxy groups -OCH3 is 1. The molecule has 0 unspecified atom stereocenters. The third-order valence-corrected chi connectivity index (χ3v) is 2.45. The van der Waals surface area contributed by atoms with Gasteiger partial charge in [0, 0.05) is 18.9 Å². The molecular weight excluding hydrogens is 278 g/mol. The van der Waals surface area contributed by atoms with E-state index in [1.807, 2.05) is 0 Å². The average Bonchev–Trinajstić information content (AvgIpc) is 2.48. The fourth-order valence-corrected chi connectivity index (χ4v) is 1.55. The Bertz CT molecular complexity index is 630. The number of hydrogen-bond donors (Lipinski definition) is 1. The molecule has 1 aromatic carbocycles. The molecule has 2 aromatic rings. The van der Waals surface area contributed by atoms with E-state index in [-0.39, 0.29) is 18.3 Å². The van der Waals surface area contributed by atoms with Crippen molar-refractivity contribution in [2.75, 3.05) is 19.6 Å². The van der Waals surface area contributed by atoms with Crippen LogP contribution in [0.1, 0.15) is 0 Å². The molecule has 0 saturated heterocycles. The van der Waals surface area contributed by atoms with Gasteiger partial charge in [0.1, 0.15) is 11.9 Å². The maximum Gasteiger partial charge on any atom is 0.410 e. The Morgan fingerprint density at radius 2 is 2.00 bits per heavy atom. The molecule has 0 fully saturated rings. The third-order valence-electron chi connectivity index (χ3n) is 2.45. The van der Waals surface area contributed by atoms with Crippen LogP contribution in [0.15, 0.2) is 36.5 Å². The van der Waals surface area contributed by atoms with Crippen LogP contribution < -0.4 is 15.2 Å². The van der Waals surface area contributed by atoms with E-state index in [0.29, 0.717) is 11.4 Å². The van der Waals surface area contributed by atoms with E-state index < -0.39 is 10.7 Å². The Morgan fingerprint density at radius 3 is 2.62 bits per heavy atom. The largest absolute Gasteiger partial charge is 0.456 e. The Kier molecular flexibility index (Phi) is 4.52. The van der Waals surface area contributed by atoms with Crippen molar-refractivity contribution in [2.24, 2.45) is 0 Å². The molecule has 0 aliphatic heterocycles. The summed E-state index contributed by atoms with van der Waals surface area (Å²) in [5.41, 5.74) is 6.17. The average molecular weight is 291 g/mol. The smallest absolute Gasteiger partial charge is 0.410 e. The summed E-state index contributed by atoms with van der Waals surface area (Å²) >= 11 is 0. The summed E-state index contributed by atoms with van der Waals surface area (Å²) in [4.78, 5) is 14.0. The van der Waals surface area contributed by atoms with E-state index in [2.05, 4.69) is 4.98 Å². The fourth-order valence-electron chi connectivity index (χ4n) is 1.55. The lowest BCUT2D eigenvalue weighted by molar-refractivity contribution is -0.390. The highest BCUT2D eigenvalue weighted by Crippen LogP contribution is 2.37. The van der Waals surface area contributed by atoms with Crippen LogP contribution in [0.4, 0.5) is 11.5 Å². The number of pyridine rings is 1. The highest BCUT2D eigenvalue weighted by atomic mass is 16.7. The molecule has 2 N–H and O–H groups in total. The Hall–Kier alpha value is -2.87. The first kappa shape index (κ1) is 14.5. The second-order valence-electron chi connectivity index (χ2n) is 3.94. The zero-order valence-electron chi connectivity index (χ0n) is 11.2. The van der Waals surface area contributed by atoms with Crippen molar-refractivity contribution >= 4 is 11.5 Å². The van der Waals surface area contributed by atoms with Crippen molar-refractivity contribution < 1.29 is 19.1 Å². The molecule has 0 radical (unpaired) electrons. The van der Waals surface area contributed by atoms with Gasteiger partial charge in [-0.3, -0.25) is 0 Å². The molecule has 2 rings (SSSR count). The molecule has 21 heavy (non-hydrogen) atoms. The van der Waals surface area contributed by atoms with Gasteiger partial charge in [-0.1, -0.05) is 0 Å². The number of ether oxygens (including phenoxy) is 3. The lowest BCUT2D eigenvalue weighted by Crippen LogP contribution is -2.04. The fraction of sp³-hybridized carbons (Fsp3) is 0.154.